The molecule has 13 heavy (non-hydrogen) atoms. The zero-order valence-electron chi connectivity index (χ0n) is 7.33. The highest BCUT2D eigenvalue weighted by Crippen LogP contribution is 2.15. The Morgan fingerprint density at radius 2 is 2.15 bits per heavy atom. The number of rotatable bonds is 2. The number of benzene rings is 1. The van der Waals surface area contributed by atoms with Gasteiger partial charge in [0.05, 0.1) is 12.6 Å². The molecule has 3 N–H and O–H groups in total. The minimum absolute atomic E-state index is 0. The third-order valence-electron chi connectivity index (χ3n) is 1.75. The van der Waals surface area contributed by atoms with Gasteiger partial charge in [-0.2, -0.15) is 0 Å². The van der Waals surface area contributed by atoms with Crippen LogP contribution in [0.5, 0.6) is 0 Å². The molecule has 74 valence electrons. The van der Waals surface area contributed by atoms with Gasteiger partial charge in [-0.25, -0.2) is 4.39 Å². The van der Waals surface area contributed by atoms with Crippen molar-refractivity contribution >= 4 is 12.4 Å². The van der Waals surface area contributed by atoms with Crippen LogP contribution in [0, 0.1) is 12.7 Å². The van der Waals surface area contributed by atoms with Crippen molar-refractivity contribution in [3.63, 3.8) is 0 Å². The molecule has 0 spiro atoms. The zero-order chi connectivity index (χ0) is 9.14. The van der Waals surface area contributed by atoms with Crippen molar-refractivity contribution in [1.29, 1.82) is 0 Å². The lowest BCUT2D eigenvalue weighted by molar-refractivity contribution is 0.265. The molecule has 0 unspecified atom stereocenters. The van der Waals surface area contributed by atoms with E-state index in [2.05, 4.69) is 0 Å². The molecule has 1 aromatic carbocycles. The first-order valence-corrected chi connectivity index (χ1v) is 3.77. The number of hydrogen-bond donors (Lipinski definition) is 2. The van der Waals surface area contributed by atoms with Crippen molar-refractivity contribution < 1.29 is 9.50 Å². The van der Waals surface area contributed by atoms with Crippen LogP contribution in [0.15, 0.2) is 18.2 Å². The summed E-state index contributed by atoms with van der Waals surface area (Å²) in [5.41, 5.74) is 6.67. The smallest absolute Gasteiger partial charge is 0.128 e. The molecule has 1 aromatic rings. The zero-order valence-corrected chi connectivity index (χ0v) is 8.14. The average molecular weight is 206 g/mol. The highest BCUT2D eigenvalue weighted by molar-refractivity contribution is 5.85. The van der Waals surface area contributed by atoms with E-state index in [1.165, 1.54) is 6.07 Å². The summed E-state index contributed by atoms with van der Waals surface area (Å²) < 4.78 is 13.1. The van der Waals surface area contributed by atoms with E-state index >= 15 is 0 Å². The second-order valence-corrected chi connectivity index (χ2v) is 2.81. The van der Waals surface area contributed by atoms with Gasteiger partial charge in [-0.3, -0.25) is 0 Å². The number of hydrogen-bond acceptors (Lipinski definition) is 2. The van der Waals surface area contributed by atoms with E-state index in [0.29, 0.717) is 5.56 Å². The topological polar surface area (TPSA) is 46.2 Å². The van der Waals surface area contributed by atoms with Crippen LogP contribution in [-0.2, 0) is 0 Å². The largest absolute Gasteiger partial charge is 0.394 e. The second-order valence-electron chi connectivity index (χ2n) is 2.81. The molecular formula is C9H13ClFNO. The van der Waals surface area contributed by atoms with E-state index in [-0.39, 0.29) is 24.8 Å². The van der Waals surface area contributed by atoms with Gasteiger partial charge >= 0.3 is 0 Å². The molecule has 0 amide bonds. The van der Waals surface area contributed by atoms with Crippen molar-refractivity contribution in [3.8, 4) is 0 Å². The molecule has 0 fully saturated rings. The standard InChI is InChI=1S/C9H12FNO.ClH/c1-6-2-3-7(8(10)4-6)9(11)5-12;/h2-4,9,12H,5,11H2,1H3;1H/t9-;/m0./s1. The van der Waals surface area contributed by atoms with Gasteiger partial charge in [-0.1, -0.05) is 12.1 Å². The van der Waals surface area contributed by atoms with Crippen molar-refractivity contribution in [3.05, 3.63) is 35.1 Å². The van der Waals surface area contributed by atoms with Crippen LogP contribution in [0.2, 0.25) is 0 Å². The Morgan fingerprint density at radius 3 is 2.62 bits per heavy atom. The predicted molar refractivity (Wildman–Crippen MR) is 52.4 cm³/mol. The summed E-state index contributed by atoms with van der Waals surface area (Å²) in [6.07, 6.45) is 0. The summed E-state index contributed by atoms with van der Waals surface area (Å²) in [4.78, 5) is 0. The lowest BCUT2D eigenvalue weighted by Crippen LogP contribution is -2.16. The van der Waals surface area contributed by atoms with Crippen LogP contribution < -0.4 is 5.73 Å². The van der Waals surface area contributed by atoms with Crippen LogP contribution in [-0.4, -0.2) is 11.7 Å². The Hall–Kier alpha value is -0.640. The Balaban J connectivity index is 0.00000144. The number of aryl methyl sites for hydroxylation is 1. The molecule has 0 aromatic heterocycles. The summed E-state index contributed by atoms with van der Waals surface area (Å²) in [5.74, 6) is -0.350. The predicted octanol–water partition coefficient (Wildman–Crippen LogP) is 1.55. The first kappa shape index (κ1) is 12.4. The van der Waals surface area contributed by atoms with E-state index < -0.39 is 6.04 Å². The third-order valence-corrected chi connectivity index (χ3v) is 1.75. The maximum absolute atomic E-state index is 13.1. The minimum atomic E-state index is -0.620. The summed E-state index contributed by atoms with van der Waals surface area (Å²) in [5, 5.41) is 8.69. The van der Waals surface area contributed by atoms with Gasteiger partial charge in [-0.05, 0) is 18.6 Å². The number of nitrogens with two attached hydrogens (primary N) is 1. The average Bonchev–Trinajstić information content (AvgIpc) is 2.03. The molecule has 0 bridgehead atoms. The normalized spacial score (nSPS) is 12.0. The van der Waals surface area contributed by atoms with Crippen LogP contribution in [0.3, 0.4) is 0 Å². The molecule has 1 atom stereocenters. The fraction of sp³-hybridized carbons (Fsp3) is 0.333. The van der Waals surface area contributed by atoms with E-state index in [4.69, 9.17) is 10.8 Å². The molecule has 0 radical (unpaired) electrons. The SMILES string of the molecule is Cc1ccc([C@@H](N)CO)c(F)c1.Cl. The highest BCUT2D eigenvalue weighted by Gasteiger charge is 2.09. The lowest BCUT2D eigenvalue weighted by Gasteiger charge is -2.09. The number of aliphatic hydroxyl groups is 1. The van der Waals surface area contributed by atoms with Gasteiger partial charge in [0, 0.05) is 5.56 Å². The van der Waals surface area contributed by atoms with Crippen LogP contribution in [0.4, 0.5) is 4.39 Å². The number of halogens is 2. The van der Waals surface area contributed by atoms with Gasteiger partial charge in [0.15, 0.2) is 0 Å². The van der Waals surface area contributed by atoms with Crippen molar-refractivity contribution in [2.45, 2.75) is 13.0 Å². The van der Waals surface area contributed by atoms with Crippen LogP contribution in [0.1, 0.15) is 17.2 Å². The Kier molecular flexibility index (Phi) is 4.91. The van der Waals surface area contributed by atoms with Crippen molar-refractivity contribution in [2.24, 2.45) is 5.73 Å². The third kappa shape index (κ3) is 2.95. The molecule has 0 saturated heterocycles. The molecule has 0 aliphatic heterocycles. The maximum Gasteiger partial charge on any atom is 0.128 e. The fourth-order valence-electron chi connectivity index (χ4n) is 1.03. The summed E-state index contributed by atoms with van der Waals surface area (Å²) >= 11 is 0. The van der Waals surface area contributed by atoms with Crippen molar-refractivity contribution in [1.82, 2.24) is 0 Å². The minimum Gasteiger partial charge on any atom is -0.394 e. The Labute approximate surface area is 83.0 Å². The summed E-state index contributed by atoms with van der Waals surface area (Å²) in [6.45, 7) is 1.57. The van der Waals surface area contributed by atoms with Gasteiger partial charge in [-0.15, -0.1) is 12.4 Å². The number of aliphatic hydroxyl groups excluding tert-OH is 1. The quantitative estimate of drug-likeness (QED) is 0.770. The Morgan fingerprint density at radius 1 is 1.54 bits per heavy atom. The highest BCUT2D eigenvalue weighted by atomic mass is 35.5. The first-order chi connectivity index (χ1) is 5.65. The molecule has 1 rings (SSSR count). The molecule has 0 heterocycles. The van der Waals surface area contributed by atoms with E-state index in [9.17, 15) is 4.39 Å². The van der Waals surface area contributed by atoms with Crippen LogP contribution >= 0.6 is 12.4 Å². The van der Waals surface area contributed by atoms with Gasteiger partial charge < -0.3 is 10.8 Å². The Bertz CT molecular complexity index is 280. The molecule has 0 aliphatic rings. The summed E-state index contributed by atoms with van der Waals surface area (Å²) in [7, 11) is 0. The van der Waals surface area contributed by atoms with E-state index in [1.54, 1.807) is 19.1 Å². The van der Waals surface area contributed by atoms with Gasteiger partial charge in [0.1, 0.15) is 5.82 Å². The molecule has 0 aliphatic carbocycles. The van der Waals surface area contributed by atoms with Crippen LogP contribution in [0.25, 0.3) is 0 Å². The van der Waals surface area contributed by atoms with E-state index in [0.717, 1.165) is 5.56 Å². The molecule has 4 heteroatoms. The summed E-state index contributed by atoms with van der Waals surface area (Å²) in [6, 6.07) is 4.16. The lowest BCUT2D eigenvalue weighted by atomic mass is 10.1. The second kappa shape index (κ2) is 5.17. The van der Waals surface area contributed by atoms with Crippen molar-refractivity contribution in [2.75, 3.05) is 6.61 Å². The first-order valence-electron chi connectivity index (χ1n) is 3.77. The molecular weight excluding hydrogens is 193 g/mol. The fourth-order valence-corrected chi connectivity index (χ4v) is 1.03. The maximum atomic E-state index is 13.1. The van der Waals surface area contributed by atoms with Gasteiger partial charge in [0.2, 0.25) is 0 Å². The van der Waals surface area contributed by atoms with Gasteiger partial charge in [0.25, 0.3) is 0 Å². The monoisotopic (exact) mass is 205 g/mol. The van der Waals surface area contributed by atoms with E-state index in [1.807, 2.05) is 0 Å². The molecule has 2 nitrogen and oxygen atoms in total. The molecule has 0 saturated carbocycles.